The van der Waals surface area contributed by atoms with Crippen molar-refractivity contribution < 1.29 is 10.2 Å². The summed E-state index contributed by atoms with van der Waals surface area (Å²) in [6.45, 7) is 0. The van der Waals surface area contributed by atoms with Gasteiger partial charge in [-0.2, -0.15) is 0 Å². The van der Waals surface area contributed by atoms with Crippen LogP contribution in [0.3, 0.4) is 0 Å². The third kappa shape index (κ3) is 6.91. The maximum atomic E-state index is 8.67. The Morgan fingerprint density at radius 3 is 2.20 bits per heavy atom. The van der Waals surface area contributed by atoms with Crippen molar-refractivity contribution in [2.45, 2.75) is 76.9 Å². The Bertz CT molecular complexity index is 139. The van der Waals surface area contributed by atoms with Crippen LogP contribution in [-0.4, -0.2) is 16.5 Å². The van der Waals surface area contributed by atoms with E-state index in [-0.39, 0.29) is 0 Å². The van der Waals surface area contributed by atoms with E-state index in [0.29, 0.717) is 6.42 Å². The van der Waals surface area contributed by atoms with Gasteiger partial charge in [-0.15, -0.1) is 0 Å². The van der Waals surface area contributed by atoms with Crippen LogP contribution in [-0.2, 0) is 0 Å². The Hall–Kier alpha value is -0.0800. The molecule has 0 aromatic rings. The van der Waals surface area contributed by atoms with Gasteiger partial charge in [0.25, 0.3) is 0 Å². The van der Waals surface area contributed by atoms with Gasteiger partial charge in [0.15, 0.2) is 6.29 Å². The van der Waals surface area contributed by atoms with Gasteiger partial charge in [0.2, 0.25) is 0 Å². The number of rotatable bonds is 7. The van der Waals surface area contributed by atoms with Crippen molar-refractivity contribution in [2.75, 3.05) is 0 Å². The molecule has 1 aliphatic rings. The molecule has 1 fully saturated rings. The SMILES string of the molecule is OC(O)CCCCCCC1CCCCC1. The number of hydrogen-bond acceptors (Lipinski definition) is 2. The highest BCUT2D eigenvalue weighted by atomic mass is 16.5. The van der Waals surface area contributed by atoms with Crippen molar-refractivity contribution in [2.24, 2.45) is 5.92 Å². The summed E-state index contributed by atoms with van der Waals surface area (Å²) < 4.78 is 0. The number of unbranched alkanes of at least 4 members (excludes halogenated alkanes) is 3. The molecule has 1 aliphatic carbocycles. The maximum absolute atomic E-state index is 8.67. The molecule has 0 aromatic carbocycles. The van der Waals surface area contributed by atoms with E-state index in [9.17, 15) is 0 Å². The molecule has 0 aliphatic heterocycles. The lowest BCUT2D eigenvalue weighted by atomic mass is 9.85. The average molecular weight is 214 g/mol. The fourth-order valence-electron chi connectivity index (χ4n) is 2.59. The molecule has 0 heterocycles. The molecular formula is C13H26O2. The van der Waals surface area contributed by atoms with Gasteiger partial charge in [-0.3, -0.25) is 0 Å². The standard InChI is InChI=1S/C13H26O2/c14-13(15)11-7-2-1-4-8-12-9-5-3-6-10-12/h12-15H,1-11H2. The van der Waals surface area contributed by atoms with Crippen molar-refractivity contribution >= 4 is 0 Å². The number of aliphatic hydroxyl groups excluding tert-OH is 1. The molecular weight excluding hydrogens is 188 g/mol. The molecule has 0 spiro atoms. The molecule has 15 heavy (non-hydrogen) atoms. The summed E-state index contributed by atoms with van der Waals surface area (Å²) >= 11 is 0. The first-order valence-corrected chi connectivity index (χ1v) is 6.65. The third-order valence-electron chi connectivity index (χ3n) is 3.55. The Kier molecular flexibility index (Phi) is 7.03. The largest absolute Gasteiger partial charge is 0.368 e. The van der Waals surface area contributed by atoms with E-state index in [1.807, 2.05) is 0 Å². The normalized spacial score (nSPS) is 18.6. The van der Waals surface area contributed by atoms with Gasteiger partial charge in [0.05, 0.1) is 0 Å². The highest BCUT2D eigenvalue weighted by Gasteiger charge is 2.12. The Balaban J connectivity index is 1.83. The quantitative estimate of drug-likeness (QED) is 0.504. The van der Waals surface area contributed by atoms with Gasteiger partial charge >= 0.3 is 0 Å². The molecule has 0 radical (unpaired) electrons. The Morgan fingerprint density at radius 1 is 0.867 bits per heavy atom. The van der Waals surface area contributed by atoms with Crippen LogP contribution in [0.5, 0.6) is 0 Å². The van der Waals surface area contributed by atoms with Crippen LogP contribution in [0, 0.1) is 5.92 Å². The summed E-state index contributed by atoms with van der Waals surface area (Å²) in [5.41, 5.74) is 0. The lowest BCUT2D eigenvalue weighted by Crippen LogP contribution is -2.06. The van der Waals surface area contributed by atoms with Gasteiger partial charge in [-0.1, -0.05) is 57.8 Å². The Morgan fingerprint density at radius 2 is 1.53 bits per heavy atom. The summed E-state index contributed by atoms with van der Waals surface area (Å²) in [4.78, 5) is 0. The first kappa shape index (κ1) is 13.0. The second kappa shape index (κ2) is 8.12. The summed E-state index contributed by atoms with van der Waals surface area (Å²) in [7, 11) is 0. The highest BCUT2D eigenvalue weighted by Crippen LogP contribution is 2.27. The van der Waals surface area contributed by atoms with Crippen LogP contribution < -0.4 is 0 Å². The molecule has 0 amide bonds. The summed E-state index contributed by atoms with van der Waals surface area (Å²) in [5, 5.41) is 17.3. The predicted octanol–water partition coefficient (Wildman–Crippen LogP) is 3.22. The van der Waals surface area contributed by atoms with Crippen LogP contribution in [0.1, 0.15) is 70.6 Å². The van der Waals surface area contributed by atoms with Gasteiger partial charge < -0.3 is 10.2 Å². The minimum absolute atomic E-state index is 0.545. The van der Waals surface area contributed by atoms with Crippen LogP contribution in [0.25, 0.3) is 0 Å². The predicted molar refractivity (Wildman–Crippen MR) is 62.5 cm³/mol. The molecule has 0 aromatic heterocycles. The topological polar surface area (TPSA) is 40.5 Å². The van der Waals surface area contributed by atoms with E-state index in [1.165, 1.54) is 51.4 Å². The lowest BCUT2D eigenvalue weighted by molar-refractivity contribution is -0.0466. The van der Waals surface area contributed by atoms with Crippen LogP contribution >= 0.6 is 0 Å². The first-order chi connectivity index (χ1) is 7.29. The Labute approximate surface area is 93.7 Å². The molecule has 90 valence electrons. The van der Waals surface area contributed by atoms with Crippen LogP contribution in [0.15, 0.2) is 0 Å². The molecule has 2 N–H and O–H groups in total. The van der Waals surface area contributed by atoms with E-state index in [1.54, 1.807) is 0 Å². The smallest absolute Gasteiger partial charge is 0.151 e. The molecule has 0 atom stereocenters. The minimum atomic E-state index is -1.09. The van der Waals surface area contributed by atoms with Crippen molar-refractivity contribution in [1.29, 1.82) is 0 Å². The van der Waals surface area contributed by atoms with E-state index >= 15 is 0 Å². The summed E-state index contributed by atoms with van der Waals surface area (Å²) in [6.07, 6.45) is 12.8. The highest BCUT2D eigenvalue weighted by molar-refractivity contribution is 4.65. The average Bonchev–Trinajstić information content (AvgIpc) is 2.24. The molecule has 2 heteroatoms. The van der Waals surface area contributed by atoms with E-state index < -0.39 is 6.29 Å². The number of aliphatic hydroxyl groups is 2. The number of hydrogen-bond donors (Lipinski definition) is 2. The zero-order valence-electron chi connectivity index (χ0n) is 9.83. The zero-order chi connectivity index (χ0) is 10.9. The molecule has 1 rings (SSSR count). The monoisotopic (exact) mass is 214 g/mol. The van der Waals surface area contributed by atoms with E-state index in [4.69, 9.17) is 10.2 Å². The maximum Gasteiger partial charge on any atom is 0.151 e. The summed E-state index contributed by atoms with van der Waals surface area (Å²) in [5.74, 6) is 1.00. The molecule has 1 saturated carbocycles. The van der Waals surface area contributed by atoms with E-state index in [0.717, 1.165) is 18.8 Å². The fraction of sp³-hybridized carbons (Fsp3) is 1.00. The molecule has 0 unspecified atom stereocenters. The van der Waals surface area contributed by atoms with E-state index in [2.05, 4.69) is 0 Å². The minimum Gasteiger partial charge on any atom is -0.368 e. The van der Waals surface area contributed by atoms with Gasteiger partial charge in [0.1, 0.15) is 0 Å². The summed E-state index contributed by atoms with van der Waals surface area (Å²) in [6, 6.07) is 0. The molecule has 2 nitrogen and oxygen atoms in total. The van der Waals surface area contributed by atoms with Crippen molar-refractivity contribution in [3.05, 3.63) is 0 Å². The van der Waals surface area contributed by atoms with Gasteiger partial charge in [0, 0.05) is 0 Å². The second-order valence-electron chi connectivity index (χ2n) is 4.98. The van der Waals surface area contributed by atoms with Crippen LogP contribution in [0.2, 0.25) is 0 Å². The zero-order valence-corrected chi connectivity index (χ0v) is 9.83. The third-order valence-corrected chi connectivity index (χ3v) is 3.55. The second-order valence-corrected chi connectivity index (χ2v) is 4.98. The first-order valence-electron chi connectivity index (χ1n) is 6.65. The van der Waals surface area contributed by atoms with Crippen molar-refractivity contribution in [1.82, 2.24) is 0 Å². The fourth-order valence-corrected chi connectivity index (χ4v) is 2.59. The van der Waals surface area contributed by atoms with Crippen LogP contribution in [0.4, 0.5) is 0 Å². The van der Waals surface area contributed by atoms with Gasteiger partial charge in [-0.25, -0.2) is 0 Å². The lowest BCUT2D eigenvalue weighted by Gasteiger charge is -2.21. The van der Waals surface area contributed by atoms with Crippen molar-refractivity contribution in [3.63, 3.8) is 0 Å². The van der Waals surface area contributed by atoms with Crippen molar-refractivity contribution in [3.8, 4) is 0 Å². The van der Waals surface area contributed by atoms with Gasteiger partial charge in [-0.05, 0) is 18.8 Å². The molecule has 0 saturated heterocycles. The molecule has 0 bridgehead atoms.